The second-order valence-corrected chi connectivity index (χ2v) is 7.20. The van der Waals surface area contributed by atoms with Gasteiger partial charge in [-0.05, 0) is 19.3 Å². The SMILES string of the molecule is CC[C@@H]1c2nncn2-c2cnc(-c3cc[n+](O)cc3)nc2N1C1CCCC1. The Morgan fingerprint density at radius 3 is 2.74 bits per heavy atom. The Morgan fingerprint density at radius 1 is 1.22 bits per heavy atom. The van der Waals surface area contributed by atoms with Crippen LogP contribution < -0.4 is 9.63 Å². The van der Waals surface area contributed by atoms with Crippen LogP contribution >= 0.6 is 0 Å². The second kappa shape index (κ2) is 6.29. The molecule has 1 aliphatic carbocycles. The minimum atomic E-state index is 0.168. The molecule has 138 valence electrons. The van der Waals surface area contributed by atoms with E-state index in [1.165, 1.54) is 25.7 Å². The number of anilines is 1. The third-order valence-electron chi connectivity index (χ3n) is 5.64. The van der Waals surface area contributed by atoms with Crippen LogP contribution in [0.4, 0.5) is 5.82 Å². The highest BCUT2D eigenvalue weighted by Crippen LogP contribution is 2.42. The Kier molecular flexibility index (Phi) is 3.77. The summed E-state index contributed by atoms with van der Waals surface area (Å²) in [6, 6.07) is 4.26. The van der Waals surface area contributed by atoms with Gasteiger partial charge in [0, 0.05) is 28.5 Å². The maximum Gasteiger partial charge on any atom is 0.222 e. The summed E-state index contributed by atoms with van der Waals surface area (Å²) < 4.78 is 3.04. The van der Waals surface area contributed by atoms with Crippen molar-refractivity contribution >= 4 is 5.82 Å². The monoisotopic (exact) mass is 364 g/mol. The molecule has 4 heterocycles. The lowest BCUT2D eigenvalue weighted by atomic mass is 10.0. The number of fused-ring (bicyclic) bond motifs is 3. The third-order valence-corrected chi connectivity index (χ3v) is 5.64. The van der Waals surface area contributed by atoms with Gasteiger partial charge in [0.1, 0.15) is 12.0 Å². The zero-order valence-corrected chi connectivity index (χ0v) is 15.2. The first-order valence-electron chi connectivity index (χ1n) is 9.53. The number of pyridine rings is 1. The Morgan fingerprint density at radius 2 is 2.00 bits per heavy atom. The van der Waals surface area contributed by atoms with Crippen LogP contribution in [0.15, 0.2) is 37.1 Å². The lowest BCUT2D eigenvalue weighted by Gasteiger charge is -2.40. The molecule has 1 N–H and O–H groups in total. The largest absolute Gasteiger partial charge is 0.342 e. The van der Waals surface area contributed by atoms with Crippen LogP contribution in [0.1, 0.15) is 50.9 Å². The number of nitrogens with zero attached hydrogens (tertiary/aromatic N) is 7. The predicted octanol–water partition coefficient (Wildman–Crippen LogP) is 2.46. The van der Waals surface area contributed by atoms with Gasteiger partial charge >= 0.3 is 0 Å². The predicted molar refractivity (Wildman–Crippen MR) is 97.5 cm³/mol. The van der Waals surface area contributed by atoms with Crippen molar-refractivity contribution in [3.63, 3.8) is 0 Å². The zero-order chi connectivity index (χ0) is 18.4. The summed E-state index contributed by atoms with van der Waals surface area (Å²) in [5.74, 6) is 2.57. The molecular formula is C19H22N7O+. The van der Waals surface area contributed by atoms with Gasteiger partial charge in [-0.25, -0.2) is 9.97 Å². The topological polar surface area (TPSA) is 83.8 Å². The van der Waals surface area contributed by atoms with Crippen molar-refractivity contribution in [3.8, 4) is 17.1 Å². The van der Waals surface area contributed by atoms with Crippen LogP contribution in [0.25, 0.3) is 17.1 Å². The first-order valence-corrected chi connectivity index (χ1v) is 9.53. The van der Waals surface area contributed by atoms with Crippen molar-refractivity contribution in [2.45, 2.75) is 51.1 Å². The van der Waals surface area contributed by atoms with Crippen LogP contribution in [0.2, 0.25) is 0 Å². The summed E-state index contributed by atoms with van der Waals surface area (Å²) >= 11 is 0. The van der Waals surface area contributed by atoms with E-state index >= 15 is 0 Å². The molecule has 5 rings (SSSR count). The van der Waals surface area contributed by atoms with E-state index in [2.05, 4.69) is 27.0 Å². The van der Waals surface area contributed by atoms with Crippen LogP contribution in [0.5, 0.6) is 0 Å². The first-order chi connectivity index (χ1) is 13.3. The van der Waals surface area contributed by atoms with E-state index in [9.17, 15) is 5.21 Å². The molecule has 0 aromatic carbocycles. The smallest absolute Gasteiger partial charge is 0.222 e. The molecule has 2 aliphatic rings. The van der Waals surface area contributed by atoms with E-state index < -0.39 is 0 Å². The lowest BCUT2D eigenvalue weighted by molar-refractivity contribution is -0.904. The summed E-state index contributed by atoms with van der Waals surface area (Å²) in [4.78, 5) is 12.0. The first kappa shape index (κ1) is 16.2. The van der Waals surface area contributed by atoms with Crippen LogP contribution in [-0.4, -0.2) is 36.0 Å². The minimum absolute atomic E-state index is 0.168. The quantitative estimate of drug-likeness (QED) is 0.568. The Balaban J connectivity index is 1.67. The third kappa shape index (κ3) is 2.55. The zero-order valence-electron chi connectivity index (χ0n) is 15.2. The molecule has 0 amide bonds. The van der Waals surface area contributed by atoms with Gasteiger partial charge in [-0.1, -0.05) is 19.8 Å². The van der Waals surface area contributed by atoms with Gasteiger partial charge in [-0.3, -0.25) is 9.77 Å². The van der Waals surface area contributed by atoms with Crippen molar-refractivity contribution in [1.82, 2.24) is 24.7 Å². The molecule has 1 fully saturated rings. The van der Waals surface area contributed by atoms with E-state index in [1.807, 2.05) is 22.9 Å². The standard InChI is InChI=1S/C19H22N7O/c1-2-15-19-23-21-12-25(19)16-11-20-17(13-7-9-24(27)10-8-13)22-18(16)26(15)14-5-3-4-6-14/h7-12,14-15,27H,2-6H2,1H3/q+1/t15-/m1/s1. The van der Waals surface area contributed by atoms with Gasteiger partial charge in [0.25, 0.3) is 0 Å². The molecule has 0 radical (unpaired) electrons. The average molecular weight is 364 g/mol. The normalized spacial score (nSPS) is 19.1. The van der Waals surface area contributed by atoms with Gasteiger partial charge in [-0.15, -0.1) is 10.2 Å². The molecular weight excluding hydrogens is 342 g/mol. The molecule has 3 aromatic heterocycles. The van der Waals surface area contributed by atoms with Gasteiger partial charge in [-0.2, -0.15) is 0 Å². The summed E-state index contributed by atoms with van der Waals surface area (Å²) in [7, 11) is 0. The molecule has 8 nitrogen and oxygen atoms in total. The molecule has 0 saturated heterocycles. The second-order valence-electron chi connectivity index (χ2n) is 7.20. The Labute approximate surface area is 157 Å². The molecule has 1 atom stereocenters. The molecule has 27 heavy (non-hydrogen) atoms. The van der Waals surface area contributed by atoms with Crippen molar-refractivity contribution in [3.05, 3.63) is 42.9 Å². The fourth-order valence-electron chi connectivity index (χ4n) is 4.35. The van der Waals surface area contributed by atoms with Gasteiger partial charge < -0.3 is 4.90 Å². The highest BCUT2D eigenvalue weighted by atomic mass is 16.5. The van der Waals surface area contributed by atoms with Crippen LogP contribution in [0, 0.1) is 0 Å². The van der Waals surface area contributed by atoms with Crippen LogP contribution in [-0.2, 0) is 0 Å². The number of aromatic nitrogens is 6. The highest BCUT2D eigenvalue weighted by Gasteiger charge is 2.38. The Hall–Kier alpha value is -3.03. The summed E-state index contributed by atoms with van der Waals surface area (Å²) in [5, 5.41) is 18.0. The number of rotatable bonds is 3. The Bertz CT molecular complexity index is 962. The van der Waals surface area contributed by atoms with Crippen molar-refractivity contribution in [1.29, 1.82) is 0 Å². The van der Waals surface area contributed by atoms with Crippen molar-refractivity contribution in [2.75, 3.05) is 4.90 Å². The van der Waals surface area contributed by atoms with Crippen molar-refractivity contribution in [2.24, 2.45) is 0 Å². The maximum absolute atomic E-state index is 9.48. The molecule has 3 aromatic rings. The number of hydrogen-bond acceptors (Lipinski definition) is 6. The lowest BCUT2D eigenvalue weighted by Crippen LogP contribution is -2.42. The molecule has 0 spiro atoms. The average Bonchev–Trinajstić information content (AvgIpc) is 3.39. The van der Waals surface area contributed by atoms with Crippen LogP contribution in [0.3, 0.4) is 0 Å². The van der Waals surface area contributed by atoms with E-state index in [4.69, 9.17) is 4.98 Å². The van der Waals surface area contributed by atoms with E-state index in [0.717, 1.165) is 34.0 Å². The van der Waals surface area contributed by atoms with E-state index in [1.54, 1.807) is 18.7 Å². The molecule has 1 aliphatic heterocycles. The van der Waals surface area contributed by atoms with Crippen molar-refractivity contribution < 1.29 is 9.94 Å². The summed E-state index contributed by atoms with van der Waals surface area (Å²) in [6.07, 6.45) is 12.6. The molecule has 0 unspecified atom stereocenters. The van der Waals surface area contributed by atoms with Gasteiger partial charge in [0.05, 0.1) is 12.2 Å². The minimum Gasteiger partial charge on any atom is -0.342 e. The van der Waals surface area contributed by atoms with E-state index in [0.29, 0.717) is 11.9 Å². The van der Waals surface area contributed by atoms with Gasteiger partial charge in [0.2, 0.25) is 12.4 Å². The fraction of sp³-hybridized carbons (Fsp3) is 0.421. The fourth-order valence-corrected chi connectivity index (χ4v) is 4.35. The summed E-state index contributed by atoms with van der Waals surface area (Å²) in [5.41, 5.74) is 1.81. The maximum atomic E-state index is 9.48. The number of hydrogen-bond donors (Lipinski definition) is 1. The molecule has 0 bridgehead atoms. The highest BCUT2D eigenvalue weighted by molar-refractivity contribution is 5.66. The van der Waals surface area contributed by atoms with E-state index in [-0.39, 0.29) is 6.04 Å². The summed E-state index contributed by atoms with van der Waals surface area (Å²) in [6.45, 7) is 2.19. The molecule has 1 saturated carbocycles. The molecule has 8 heteroatoms. The van der Waals surface area contributed by atoms with Gasteiger partial charge in [0.15, 0.2) is 17.5 Å².